The van der Waals surface area contributed by atoms with Crippen LogP contribution in [0.25, 0.3) is 0 Å². The van der Waals surface area contributed by atoms with Crippen LogP contribution < -0.4 is 14.2 Å². The van der Waals surface area contributed by atoms with Gasteiger partial charge in [0.1, 0.15) is 18.1 Å². The van der Waals surface area contributed by atoms with Crippen LogP contribution in [0.15, 0.2) is 41.3 Å². The number of sulfonamides is 1. The maximum absolute atomic E-state index is 12.7. The van der Waals surface area contributed by atoms with Gasteiger partial charge in [0, 0.05) is 6.54 Å². The molecule has 0 aliphatic carbocycles. The number of hydrogen-bond acceptors (Lipinski definition) is 4. The van der Waals surface area contributed by atoms with Gasteiger partial charge in [-0.2, -0.15) is 0 Å². The molecule has 0 aromatic heterocycles. The Labute approximate surface area is 156 Å². The highest BCUT2D eigenvalue weighted by atomic mass is 32.2. The van der Waals surface area contributed by atoms with Gasteiger partial charge < -0.3 is 9.47 Å². The third-order valence-corrected chi connectivity index (χ3v) is 5.73. The van der Waals surface area contributed by atoms with Gasteiger partial charge in [0.05, 0.1) is 12.0 Å². The number of benzene rings is 2. The minimum Gasteiger partial charge on any atom is -0.496 e. The first-order valence-corrected chi connectivity index (χ1v) is 10.1. The van der Waals surface area contributed by atoms with Crippen molar-refractivity contribution in [1.82, 2.24) is 4.72 Å². The predicted octanol–water partition coefficient (Wildman–Crippen LogP) is 3.79. The maximum atomic E-state index is 12.7. The van der Waals surface area contributed by atoms with E-state index in [2.05, 4.69) is 4.72 Å². The highest BCUT2D eigenvalue weighted by molar-refractivity contribution is 7.89. The van der Waals surface area contributed by atoms with Crippen LogP contribution in [0.5, 0.6) is 11.5 Å². The Balaban J connectivity index is 2.07. The van der Waals surface area contributed by atoms with Crippen molar-refractivity contribution in [2.75, 3.05) is 20.3 Å². The Morgan fingerprint density at radius 2 is 1.73 bits per heavy atom. The molecule has 2 rings (SSSR count). The molecule has 6 heteroatoms. The molecule has 2 aromatic rings. The number of aryl methyl sites for hydroxylation is 2. The van der Waals surface area contributed by atoms with Crippen molar-refractivity contribution < 1.29 is 17.9 Å². The van der Waals surface area contributed by atoms with Crippen LogP contribution in [0.3, 0.4) is 0 Å². The van der Waals surface area contributed by atoms with Crippen molar-refractivity contribution in [1.29, 1.82) is 0 Å². The third-order valence-electron chi connectivity index (χ3n) is 4.12. The van der Waals surface area contributed by atoms with E-state index in [-0.39, 0.29) is 24.0 Å². The lowest BCUT2D eigenvalue weighted by atomic mass is 10.0. The van der Waals surface area contributed by atoms with E-state index in [0.717, 1.165) is 16.9 Å². The molecular weight excluding hydrogens is 350 g/mol. The number of hydrogen-bond donors (Lipinski definition) is 1. The van der Waals surface area contributed by atoms with Gasteiger partial charge in [0.15, 0.2) is 0 Å². The van der Waals surface area contributed by atoms with Gasteiger partial charge in [-0.25, -0.2) is 13.1 Å². The third kappa shape index (κ3) is 4.99. The zero-order chi connectivity index (χ0) is 19.3. The van der Waals surface area contributed by atoms with Gasteiger partial charge >= 0.3 is 0 Å². The zero-order valence-corrected chi connectivity index (χ0v) is 16.8. The molecule has 5 nitrogen and oxygen atoms in total. The summed E-state index contributed by atoms with van der Waals surface area (Å²) in [5, 5.41) is 0. The Hall–Kier alpha value is -2.05. The topological polar surface area (TPSA) is 64.6 Å². The molecule has 0 atom stereocenters. The molecule has 0 saturated heterocycles. The average molecular weight is 378 g/mol. The fourth-order valence-electron chi connectivity index (χ4n) is 2.65. The summed E-state index contributed by atoms with van der Waals surface area (Å²) in [5.74, 6) is 1.58. The molecule has 0 spiro atoms. The van der Waals surface area contributed by atoms with E-state index in [1.807, 2.05) is 45.0 Å². The number of rotatable bonds is 8. The molecule has 1 N–H and O–H groups in total. The molecule has 0 unspecified atom stereocenters. The van der Waals surface area contributed by atoms with Crippen molar-refractivity contribution >= 4 is 10.0 Å². The van der Waals surface area contributed by atoms with Gasteiger partial charge in [-0.1, -0.05) is 31.5 Å². The Bertz CT molecular complexity index is 843. The minimum absolute atomic E-state index is 0.157. The van der Waals surface area contributed by atoms with Gasteiger partial charge in [-0.05, 0) is 55.2 Å². The van der Waals surface area contributed by atoms with Gasteiger partial charge in [0.2, 0.25) is 10.0 Å². The standard InChI is InChI=1S/C20H27NO4S/c1-14(2)18-13-20(16(4)12-19(18)24-5)26(22,23)21-10-11-25-17-8-6-15(3)7-9-17/h6-9,12-14,21H,10-11H2,1-5H3. The molecule has 0 radical (unpaired) electrons. The fraction of sp³-hybridized carbons (Fsp3) is 0.400. The van der Waals surface area contributed by atoms with Crippen LogP contribution in [0, 0.1) is 13.8 Å². The van der Waals surface area contributed by atoms with Crippen LogP contribution in [0.1, 0.15) is 36.5 Å². The molecule has 2 aromatic carbocycles. The highest BCUT2D eigenvalue weighted by Gasteiger charge is 2.20. The number of ether oxygens (including phenoxy) is 2. The molecule has 0 saturated carbocycles. The van der Waals surface area contributed by atoms with Crippen molar-refractivity contribution in [3.8, 4) is 11.5 Å². The molecule has 0 aliphatic rings. The Kier molecular flexibility index (Phi) is 6.67. The first kappa shape index (κ1) is 20.3. The van der Waals surface area contributed by atoms with E-state index < -0.39 is 10.0 Å². The largest absolute Gasteiger partial charge is 0.496 e. The fourth-order valence-corrected chi connectivity index (χ4v) is 3.92. The molecule has 142 valence electrons. The van der Waals surface area contributed by atoms with Crippen molar-refractivity contribution in [2.45, 2.75) is 38.5 Å². The molecule has 26 heavy (non-hydrogen) atoms. The monoisotopic (exact) mass is 377 g/mol. The van der Waals surface area contributed by atoms with E-state index in [4.69, 9.17) is 9.47 Å². The van der Waals surface area contributed by atoms with Crippen LogP contribution >= 0.6 is 0 Å². The second kappa shape index (κ2) is 8.56. The van der Waals surface area contributed by atoms with E-state index >= 15 is 0 Å². The lowest BCUT2D eigenvalue weighted by molar-refractivity contribution is 0.323. The van der Waals surface area contributed by atoms with Gasteiger partial charge in [0.25, 0.3) is 0 Å². The summed E-state index contributed by atoms with van der Waals surface area (Å²) in [6.45, 7) is 8.23. The van der Waals surface area contributed by atoms with Gasteiger partial charge in [-0.15, -0.1) is 0 Å². The summed E-state index contributed by atoms with van der Waals surface area (Å²) < 4.78 is 38.9. The predicted molar refractivity (Wildman–Crippen MR) is 104 cm³/mol. The molecular formula is C20H27NO4S. The van der Waals surface area contributed by atoms with E-state index in [1.54, 1.807) is 26.2 Å². The summed E-state index contributed by atoms with van der Waals surface area (Å²) in [5.41, 5.74) is 2.67. The summed E-state index contributed by atoms with van der Waals surface area (Å²) >= 11 is 0. The van der Waals surface area contributed by atoms with Crippen LogP contribution in [-0.2, 0) is 10.0 Å². The average Bonchev–Trinajstić information content (AvgIpc) is 2.59. The number of nitrogens with one attached hydrogen (secondary N) is 1. The van der Waals surface area contributed by atoms with E-state index in [1.165, 1.54) is 0 Å². The molecule has 0 amide bonds. The maximum Gasteiger partial charge on any atom is 0.240 e. The Morgan fingerprint density at radius 1 is 1.08 bits per heavy atom. The second-order valence-electron chi connectivity index (χ2n) is 6.57. The van der Waals surface area contributed by atoms with Crippen molar-refractivity contribution in [3.63, 3.8) is 0 Å². The van der Waals surface area contributed by atoms with Crippen molar-refractivity contribution in [2.24, 2.45) is 0 Å². The second-order valence-corrected chi connectivity index (χ2v) is 8.31. The van der Waals surface area contributed by atoms with E-state index in [9.17, 15) is 8.42 Å². The highest BCUT2D eigenvalue weighted by Crippen LogP contribution is 2.31. The lowest BCUT2D eigenvalue weighted by Gasteiger charge is -2.16. The number of methoxy groups -OCH3 is 1. The van der Waals surface area contributed by atoms with Crippen LogP contribution in [-0.4, -0.2) is 28.7 Å². The van der Waals surface area contributed by atoms with E-state index in [0.29, 0.717) is 11.3 Å². The smallest absolute Gasteiger partial charge is 0.240 e. The summed E-state index contributed by atoms with van der Waals surface area (Å²) in [6.07, 6.45) is 0. The summed E-state index contributed by atoms with van der Waals surface area (Å²) in [6, 6.07) is 11.1. The van der Waals surface area contributed by atoms with Crippen molar-refractivity contribution in [3.05, 3.63) is 53.1 Å². The summed E-state index contributed by atoms with van der Waals surface area (Å²) in [4.78, 5) is 0.275. The lowest BCUT2D eigenvalue weighted by Crippen LogP contribution is -2.29. The zero-order valence-electron chi connectivity index (χ0n) is 16.0. The molecule has 0 aliphatic heterocycles. The first-order chi connectivity index (χ1) is 12.2. The summed E-state index contributed by atoms with van der Waals surface area (Å²) in [7, 11) is -2.03. The minimum atomic E-state index is -3.62. The molecule has 0 heterocycles. The first-order valence-electron chi connectivity index (χ1n) is 8.62. The normalized spacial score (nSPS) is 11.6. The Morgan fingerprint density at radius 3 is 2.31 bits per heavy atom. The van der Waals surface area contributed by atoms with Crippen LogP contribution in [0.4, 0.5) is 0 Å². The van der Waals surface area contributed by atoms with Gasteiger partial charge in [-0.3, -0.25) is 0 Å². The quantitative estimate of drug-likeness (QED) is 0.711. The van der Waals surface area contributed by atoms with Crippen LogP contribution in [0.2, 0.25) is 0 Å². The SMILES string of the molecule is COc1cc(C)c(S(=O)(=O)NCCOc2ccc(C)cc2)cc1C(C)C. The molecule has 0 fully saturated rings. The molecule has 0 bridgehead atoms.